The lowest BCUT2D eigenvalue weighted by Gasteiger charge is -2.24. The van der Waals surface area contributed by atoms with Crippen LogP contribution in [0.3, 0.4) is 0 Å². The monoisotopic (exact) mass is 439 g/mol. The van der Waals surface area contributed by atoms with Crippen LogP contribution in [-0.2, 0) is 9.59 Å². The van der Waals surface area contributed by atoms with E-state index in [-0.39, 0.29) is 29.1 Å². The molecular weight excluding hydrogens is 420 g/mol. The molecule has 9 heteroatoms. The highest BCUT2D eigenvalue weighted by atomic mass is 19.3. The van der Waals surface area contributed by atoms with E-state index in [1.807, 2.05) is 0 Å². The number of aryl methyl sites for hydroxylation is 1. The second-order valence-electron chi connectivity index (χ2n) is 7.46. The highest BCUT2D eigenvalue weighted by Gasteiger charge is 2.35. The van der Waals surface area contributed by atoms with Gasteiger partial charge in [-0.05, 0) is 32.0 Å². The van der Waals surface area contributed by atoms with Gasteiger partial charge in [0.15, 0.2) is 0 Å². The summed E-state index contributed by atoms with van der Waals surface area (Å²) in [6, 6.07) is 10.0. The Hall–Kier alpha value is -3.88. The molecular formula is C23H19F2N3O4. The van der Waals surface area contributed by atoms with Gasteiger partial charge in [0.05, 0.1) is 22.9 Å². The number of pyridine rings is 1. The molecule has 1 aliphatic rings. The molecule has 3 heterocycles. The van der Waals surface area contributed by atoms with Crippen LogP contribution in [0.15, 0.2) is 57.9 Å². The van der Waals surface area contributed by atoms with E-state index >= 15 is 0 Å². The number of nitrogens with one attached hydrogen (secondary N) is 1. The normalized spacial score (nSPS) is 15.2. The van der Waals surface area contributed by atoms with E-state index in [1.165, 1.54) is 41.4 Å². The summed E-state index contributed by atoms with van der Waals surface area (Å²) < 4.78 is 30.7. The first-order valence-corrected chi connectivity index (χ1v) is 9.85. The minimum Gasteiger partial charge on any atom is -0.428 e. The number of aromatic nitrogens is 1. The predicted molar refractivity (Wildman–Crippen MR) is 114 cm³/mol. The topological polar surface area (TPSA) is 92.5 Å². The molecule has 7 nitrogen and oxygen atoms in total. The molecule has 0 saturated heterocycles. The van der Waals surface area contributed by atoms with Crippen molar-refractivity contribution in [3.8, 4) is 11.1 Å². The largest absolute Gasteiger partial charge is 0.428 e. The van der Waals surface area contributed by atoms with Crippen LogP contribution < -0.4 is 15.8 Å². The number of hydrogen-bond acceptors (Lipinski definition) is 5. The maximum absolute atomic E-state index is 13.3. The van der Waals surface area contributed by atoms with Crippen LogP contribution in [0.25, 0.3) is 11.1 Å². The Morgan fingerprint density at radius 3 is 2.62 bits per heavy atom. The van der Waals surface area contributed by atoms with Gasteiger partial charge in [-0.1, -0.05) is 18.2 Å². The number of halogens is 2. The fraction of sp³-hybridized carbons (Fsp3) is 0.217. The first kappa shape index (κ1) is 21.4. The summed E-state index contributed by atoms with van der Waals surface area (Å²) in [5.41, 5.74) is 0.813. The molecule has 3 aromatic rings. The Bertz CT molecular complexity index is 1250. The Morgan fingerprint density at radius 1 is 1.22 bits per heavy atom. The van der Waals surface area contributed by atoms with Crippen LogP contribution in [0.4, 0.5) is 20.2 Å². The zero-order valence-electron chi connectivity index (χ0n) is 17.3. The molecule has 164 valence electrons. The molecule has 0 saturated carbocycles. The minimum atomic E-state index is -2.61. The first-order valence-electron chi connectivity index (χ1n) is 9.85. The number of rotatable bonds is 4. The lowest BCUT2D eigenvalue weighted by atomic mass is 9.98. The van der Waals surface area contributed by atoms with Gasteiger partial charge in [0.25, 0.3) is 6.43 Å². The van der Waals surface area contributed by atoms with E-state index in [9.17, 15) is 23.2 Å². The van der Waals surface area contributed by atoms with Gasteiger partial charge in [-0.15, -0.1) is 0 Å². The number of anilines is 2. The van der Waals surface area contributed by atoms with Crippen molar-refractivity contribution < 1.29 is 22.8 Å². The van der Waals surface area contributed by atoms with Crippen LogP contribution in [-0.4, -0.2) is 23.3 Å². The molecule has 4 rings (SSSR count). The van der Waals surface area contributed by atoms with Gasteiger partial charge in [0.2, 0.25) is 11.8 Å². The van der Waals surface area contributed by atoms with E-state index in [4.69, 9.17) is 4.42 Å². The van der Waals surface area contributed by atoms with Crippen molar-refractivity contribution in [2.24, 2.45) is 0 Å². The molecule has 0 radical (unpaired) electrons. The quantitative estimate of drug-likeness (QED) is 0.663. The number of hydrogen-bond donors (Lipinski definition) is 1. The molecule has 2 amide bonds. The summed E-state index contributed by atoms with van der Waals surface area (Å²) in [6.07, 6.45) is -1.08. The Kier molecular flexibility index (Phi) is 5.56. The van der Waals surface area contributed by atoms with E-state index in [1.54, 1.807) is 26.0 Å². The van der Waals surface area contributed by atoms with E-state index in [0.717, 1.165) is 0 Å². The molecule has 1 aromatic carbocycles. The van der Waals surface area contributed by atoms with Crippen molar-refractivity contribution in [2.45, 2.75) is 26.2 Å². The fourth-order valence-electron chi connectivity index (χ4n) is 3.72. The minimum absolute atomic E-state index is 0.158. The number of carbonyl (C=O) groups is 2. The summed E-state index contributed by atoms with van der Waals surface area (Å²) in [5, 5.41) is 2.60. The van der Waals surface area contributed by atoms with E-state index in [2.05, 4.69) is 10.3 Å². The van der Waals surface area contributed by atoms with Crippen molar-refractivity contribution in [1.29, 1.82) is 0 Å². The maximum Gasteiger partial charge on any atom is 0.346 e. The third-order valence-corrected chi connectivity index (χ3v) is 5.25. The molecule has 1 N–H and O–H groups in total. The number of amides is 2. The summed E-state index contributed by atoms with van der Waals surface area (Å²) in [5.74, 6) is -1.38. The lowest BCUT2D eigenvalue weighted by Crippen LogP contribution is -2.40. The molecule has 0 spiro atoms. The molecule has 0 unspecified atom stereocenters. The van der Waals surface area contributed by atoms with Crippen molar-refractivity contribution in [3.05, 3.63) is 76.1 Å². The number of fused-ring (bicyclic) bond motifs is 3. The summed E-state index contributed by atoms with van der Waals surface area (Å²) in [4.78, 5) is 44.3. The van der Waals surface area contributed by atoms with Crippen molar-refractivity contribution >= 4 is 23.2 Å². The van der Waals surface area contributed by atoms with Gasteiger partial charge in [-0.2, -0.15) is 0 Å². The molecule has 1 atom stereocenters. The summed E-state index contributed by atoms with van der Waals surface area (Å²) in [7, 11) is 0. The summed E-state index contributed by atoms with van der Waals surface area (Å²) in [6.45, 7) is 2.85. The molecule has 0 bridgehead atoms. The van der Waals surface area contributed by atoms with Gasteiger partial charge >= 0.3 is 5.63 Å². The molecule has 32 heavy (non-hydrogen) atoms. The summed E-state index contributed by atoms with van der Waals surface area (Å²) >= 11 is 0. The average Bonchev–Trinajstić information content (AvgIpc) is 2.84. The smallest absolute Gasteiger partial charge is 0.346 e. The molecule has 0 fully saturated rings. The number of alkyl halides is 2. The standard InChI is InChI=1S/C23H19F2N3O4/c1-12-10-17-19(23(31)32-12)16-4-3-9-26-20(16)13(2)22(30)28(17)11-18(29)27-15-7-5-14(6-8-15)21(24)25/h3-10,13,21H,11H2,1-2H3,(H,27,29)/t13-/m1/s1. The van der Waals surface area contributed by atoms with Crippen molar-refractivity contribution in [2.75, 3.05) is 16.8 Å². The first-order chi connectivity index (χ1) is 15.3. The SMILES string of the molecule is Cc1cc2c(c(=O)o1)-c1cccnc1[C@@H](C)C(=O)N2CC(=O)Nc1ccc(C(F)F)cc1. The van der Waals surface area contributed by atoms with Crippen LogP contribution >= 0.6 is 0 Å². The lowest BCUT2D eigenvalue weighted by molar-refractivity contribution is -0.122. The van der Waals surface area contributed by atoms with Crippen LogP contribution in [0.2, 0.25) is 0 Å². The molecule has 1 aliphatic heterocycles. The third kappa shape index (κ3) is 3.89. The fourth-order valence-corrected chi connectivity index (χ4v) is 3.72. The zero-order chi connectivity index (χ0) is 23.0. The van der Waals surface area contributed by atoms with Crippen LogP contribution in [0, 0.1) is 6.92 Å². The Labute approximate surface area is 181 Å². The van der Waals surface area contributed by atoms with Gasteiger partial charge in [-0.25, -0.2) is 13.6 Å². The van der Waals surface area contributed by atoms with Crippen LogP contribution in [0.1, 0.15) is 36.3 Å². The van der Waals surface area contributed by atoms with E-state index in [0.29, 0.717) is 16.9 Å². The van der Waals surface area contributed by atoms with Crippen molar-refractivity contribution in [3.63, 3.8) is 0 Å². The number of benzene rings is 1. The highest BCUT2D eigenvalue weighted by Crippen LogP contribution is 2.38. The van der Waals surface area contributed by atoms with Gasteiger partial charge in [0, 0.05) is 29.1 Å². The molecule has 0 aliphatic carbocycles. The zero-order valence-corrected chi connectivity index (χ0v) is 17.3. The van der Waals surface area contributed by atoms with Crippen molar-refractivity contribution in [1.82, 2.24) is 4.98 Å². The average molecular weight is 439 g/mol. The molecule has 2 aromatic heterocycles. The van der Waals surface area contributed by atoms with Gasteiger partial charge < -0.3 is 14.6 Å². The van der Waals surface area contributed by atoms with E-state index < -0.39 is 29.8 Å². The predicted octanol–water partition coefficient (Wildman–Crippen LogP) is 4.04. The Balaban J connectivity index is 1.70. The van der Waals surface area contributed by atoms with Gasteiger partial charge in [-0.3, -0.25) is 14.6 Å². The van der Waals surface area contributed by atoms with Gasteiger partial charge in [0.1, 0.15) is 12.3 Å². The maximum atomic E-state index is 13.3. The number of carbonyl (C=O) groups excluding carboxylic acids is 2. The third-order valence-electron chi connectivity index (χ3n) is 5.25. The number of nitrogens with zero attached hydrogens (tertiary/aromatic N) is 2. The van der Waals surface area contributed by atoms with Crippen LogP contribution in [0.5, 0.6) is 0 Å². The highest BCUT2D eigenvalue weighted by molar-refractivity contribution is 6.08. The second kappa shape index (κ2) is 8.33. The Morgan fingerprint density at radius 2 is 1.94 bits per heavy atom. The second-order valence-corrected chi connectivity index (χ2v) is 7.46.